The molecule has 2 aromatic rings. The lowest BCUT2D eigenvalue weighted by Crippen LogP contribution is -2.29. The molecule has 0 amide bonds. The molecule has 3 nitrogen and oxygen atoms in total. The van der Waals surface area contributed by atoms with Crippen molar-refractivity contribution in [3.8, 4) is 0 Å². The van der Waals surface area contributed by atoms with Crippen molar-refractivity contribution in [2.75, 3.05) is 13.2 Å². The Morgan fingerprint density at radius 2 is 1.81 bits per heavy atom. The molecular formula is C18H24N2O. The summed E-state index contributed by atoms with van der Waals surface area (Å²) in [5, 5.41) is 3.45. The molecule has 1 aromatic carbocycles. The van der Waals surface area contributed by atoms with Crippen molar-refractivity contribution in [2.45, 2.75) is 32.4 Å². The Labute approximate surface area is 127 Å². The maximum atomic E-state index is 6.08. The van der Waals surface area contributed by atoms with E-state index in [-0.39, 0.29) is 6.10 Å². The Morgan fingerprint density at radius 3 is 2.48 bits per heavy atom. The summed E-state index contributed by atoms with van der Waals surface area (Å²) in [4.78, 5) is 4.33. The predicted molar refractivity (Wildman–Crippen MR) is 86.2 cm³/mol. The molecular weight excluding hydrogens is 260 g/mol. The van der Waals surface area contributed by atoms with Crippen LogP contribution >= 0.6 is 0 Å². The van der Waals surface area contributed by atoms with Gasteiger partial charge in [-0.15, -0.1) is 0 Å². The van der Waals surface area contributed by atoms with Crippen LogP contribution in [0.1, 0.15) is 31.2 Å². The van der Waals surface area contributed by atoms with Crippen molar-refractivity contribution >= 4 is 0 Å². The fraction of sp³-hybridized carbons (Fsp3) is 0.389. The normalized spacial score (nSPS) is 12.5. The summed E-state index contributed by atoms with van der Waals surface area (Å²) in [6.45, 7) is 5.80. The highest BCUT2D eigenvalue weighted by atomic mass is 16.5. The van der Waals surface area contributed by atoms with Crippen LogP contribution in [0.3, 0.4) is 0 Å². The average Bonchev–Trinajstić information content (AvgIpc) is 2.52. The van der Waals surface area contributed by atoms with Crippen molar-refractivity contribution in [1.29, 1.82) is 0 Å². The summed E-state index contributed by atoms with van der Waals surface area (Å²) in [5.74, 6) is 0. The van der Waals surface area contributed by atoms with Crippen LogP contribution in [0, 0.1) is 0 Å². The van der Waals surface area contributed by atoms with E-state index in [1.54, 1.807) is 0 Å². The van der Waals surface area contributed by atoms with E-state index in [0.29, 0.717) is 12.6 Å². The van der Waals surface area contributed by atoms with Crippen molar-refractivity contribution in [1.82, 2.24) is 10.3 Å². The first-order chi connectivity index (χ1) is 10.3. The standard InChI is InChI=1S/C18H24N2O/c1-15(2)20-14-18(16-8-4-3-5-9-16)21-13-11-17-10-6-7-12-19-17/h3-10,12,15,18,20H,11,13-14H2,1-2H3. The van der Waals surface area contributed by atoms with E-state index in [0.717, 1.165) is 18.7 Å². The minimum absolute atomic E-state index is 0.0808. The number of pyridine rings is 1. The molecule has 0 bridgehead atoms. The molecule has 3 heteroatoms. The molecule has 1 N–H and O–H groups in total. The number of hydrogen-bond donors (Lipinski definition) is 1. The second-order valence-electron chi connectivity index (χ2n) is 5.40. The topological polar surface area (TPSA) is 34.1 Å². The highest BCUT2D eigenvalue weighted by Gasteiger charge is 2.12. The quantitative estimate of drug-likeness (QED) is 0.807. The number of aromatic nitrogens is 1. The molecule has 21 heavy (non-hydrogen) atoms. The Morgan fingerprint density at radius 1 is 1.05 bits per heavy atom. The molecule has 1 atom stereocenters. The van der Waals surface area contributed by atoms with Crippen LogP contribution in [0.25, 0.3) is 0 Å². The van der Waals surface area contributed by atoms with E-state index >= 15 is 0 Å². The Bertz CT molecular complexity index is 499. The smallest absolute Gasteiger partial charge is 0.0949 e. The zero-order valence-electron chi connectivity index (χ0n) is 12.8. The van der Waals surface area contributed by atoms with Gasteiger partial charge in [0.25, 0.3) is 0 Å². The molecule has 0 aliphatic heterocycles. The fourth-order valence-electron chi connectivity index (χ4n) is 2.14. The number of ether oxygens (including phenoxy) is 1. The number of nitrogens with zero attached hydrogens (tertiary/aromatic N) is 1. The molecule has 2 rings (SSSR count). The number of hydrogen-bond acceptors (Lipinski definition) is 3. The van der Waals surface area contributed by atoms with Crippen LogP contribution in [0.5, 0.6) is 0 Å². The second-order valence-corrected chi connectivity index (χ2v) is 5.40. The van der Waals surface area contributed by atoms with E-state index in [1.807, 2.05) is 30.5 Å². The third kappa shape index (κ3) is 5.66. The summed E-state index contributed by atoms with van der Waals surface area (Å²) in [5.41, 5.74) is 2.29. The molecule has 1 unspecified atom stereocenters. The molecule has 0 saturated heterocycles. The van der Waals surface area contributed by atoms with Gasteiger partial charge in [-0.05, 0) is 17.7 Å². The summed E-state index contributed by atoms with van der Waals surface area (Å²) in [6, 6.07) is 16.8. The first-order valence-electron chi connectivity index (χ1n) is 7.55. The summed E-state index contributed by atoms with van der Waals surface area (Å²) in [6.07, 6.45) is 2.74. The van der Waals surface area contributed by atoms with Crippen LogP contribution in [-0.4, -0.2) is 24.2 Å². The van der Waals surface area contributed by atoms with Gasteiger partial charge in [-0.3, -0.25) is 4.98 Å². The first-order valence-corrected chi connectivity index (χ1v) is 7.55. The van der Waals surface area contributed by atoms with E-state index in [9.17, 15) is 0 Å². The van der Waals surface area contributed by atoms with Crippen LogP contribution in [-0.2, 0) is 11.2 Å². The maximum Gasteiger partial charge on any atom is 0.0949 e. The van der Waals surface area contributed by atoms with Crippen molar-refractivity contribution in [3.05, 3.63) is 66.0 Å². The van der Waals surface area contributed by atoms with Crippen molar-refractivity contribution in [3.63, 3.8) is 0 Å². The third-order valence-electron chi connectivity index (χ3n) is 3.29. The molecule has 112 valence electrons. The lowest BCUT2D eigenvalue weighted by atomic mass is 10.1. The minimum Gasteiger partial charge on any atom is -0.372 e. The van der Waals surface area contributed by atoms with Gasteiger partial charge in [0.1, 0.15) is 0 Å². The largest absolute Gasteiger partial charge is 0.372 e. The van der Waals surface area contributed by atoms with Gasteiger partial charge in [0, 0.05) is 30.9 Å². The Kier molecular flexibility index (Phi) is 6.38. The lowest BCUT2D eigenvalue weighted by Gasteiger charge is -2.20. The zero-order chi connectivity index (χ0) is 14.9. The van der Waals surface area contributed by atoms with Gasteiger partial charge in [0.2, 0.25) is 0 Å². The van der Waals surface area contributed by atoms with Gasteiger partial charge in [0.05, 0.1) is 12.7 Å². The summed E-state index contributed by atoms with van der Waals surface area (Å²) < 4.78 is 6.08. The molecule has 0 radical (unpaired) electrons. The monoisotopic (exact) mass is 284 g/mol. The molecule has 1 aromatic heterocycles. The maximum absolute atomic E-state index is 6.08. The summed E-state index contributed by atoms with van der Waals surface area (Å²) >= 11 is 0. The molecule has 0 saturated carbocycles. The van der Waals surface area contributed by atoms with Crippen molar-refractivity contribution < 1.29 is 4.74 Å². The minimum atomic E-state index is 0.0808. The van der Waals surface area contributed by atoms with E-state index in [1.165, 1.54) is 5.56 Å². The van der Waals surface area contributed by atoms with Gasteiger partial charge in [-0.25, -0.2) is 0 Å². The lowest BCUT2D eigenvalue weighted by molar-refractivity contribution is 0.0530. The highest BCUT2D eigenvalue weighted by molar-refractivity contribution is 5.18. The number of nitrogens with one attached hydrogen (secondary N) is 1. The molecule has 1 heterocycles. The van der Waals surface area contributed by atoms with E-state index in [4.69, 9.17) is 4.74 Å². The van der Waals surface area contributed by atoms with E-state index < -0.39 is 0 Å². The van der Waals surface area contributed by atoms with Crippen LogP contribution in [0.15, 0.2) is 54.7 Å². The predicted octanol–water partition coefficient (Wildman–Crippen LogP) is 3.38. The van der Waals surface area contributed by atoms with Crippen LogP contribution < -0.4 is 5.32 Å². The number of rotatable bonds is 8. The highest BCUT2D eigenvalue weighted by Crippen LogP contribution is 2.16. The van der Waals surface area contributed by atoms with Crippen LogP contribution in [0.2, 0.25) is 0 Å². The Balaban J connectivity index is 1.89. The molecule has 0 aliphatic carbocycles. The Hall–Kier alpha value is -1.71. The zero-order valence-corrected chi connectivity index (χ0v) is 12.8. The first kappa shape index (κ1) is 15.7. The molecule has 0 aliphatic rings. The van der Waals surface area contributed by atoms with Gasteiger partial charge in [-0.1, -0.05) is 50.2 Å². The molecule has 0 fully saturated rings. The molecule has 0 spiro atoms. The van der Waals surface area contributed by atoms with Crippen LogP contribution in [0.4, 0.5) is 0 Å². The average molecular weight is 284 g/mol. The van der Waals surface area contributed by atoms with Gasteiger partial charge in [0.15, 0.2) is 0 Å². The second kappa shape index (κ2) is 8.55. The fourth-order valence-corrected chi connectivity index (χ4v) is 2.14. The summed E-state index contributed by atoms with van der Waals surface area (Å²) in [7, 11) is 0. The third-order valence-corrected chi connectivity index (χ3v) is 3.29. The number of benzene rings is 1. The van der Waals surface area contributed by atoms with Crippen molar-refractivity contribution in [2.24, 2.45) is 0 Å². The van der Waals surface area contributed by atoms with Gasteiger partial charge >= 0.3 is 0 Å². The van der Waals surface area contributed by atoms with Gasteiger partial charge < -0.3 is 10.1 Å². The van der Waals surface area contributed by atoms with E-state index in [2.05, 4.69) is 48.4 Å². The van der Waals surface area contributed by atoms with Gasteiger partial charge in [-0.2, -0.15) is 0 Å². The SMILES string of the molecule is CC(C)NCC(OCCc1ccccn1)c1ccccc1.